The van der Waals surface area contributed by atoms with Gasteiger partial charge in [0.15, 0.2) is 0 Å². The highest BCUT2D eigenvalue weighted by Gasteiger charge is 2.90. The second kappa shape index (κ2) is 7.36. The van der Waals surface area contributed by atoms with Crippen LogP contribution in [0.3, 0.4) is 0 Å². The topological polar surface area (TPSA) is 0 Å². The standard InChI is InChI=1S/C13H15F13S/c1-4-7(2,3)27-6-5-8(14,15)9(16,17)10(18,19)11(20,21)12(22,23)13(24,25)26/h4-6H2,1-3H3. The van der Waals surface area contributed by atoms with E-state index in [-0.39, 0.29) is 0 Å². The summed E-state index contributed by atoms with van der Waals surface area (Å²) in [5, 5.41) is 0. The molecular weight excluding hydrogens is 435 g/mol. The maximum absolute atomic E-state index is 13.5. The first-order valence-corrected chi connectivity index (χ1v) is 8.10. The number of halogens is 13. The zero-order valence-electron chi connectivity index (χ0n) is 13.9. The third-order valence-corrected chi connectivity index (χ3v) is 5.24. The van der Waals surface area contributed by atoms with Crippen molar-refractivity contribution in [2.75, 3.05) is 5.75 Å². The normalized spacial score (nSPS) is 16.0. The number of hydrogen-bond donors (Lipinski definition) is 0. The zero-order chi connectivity index (χ0) is 22.3. The van der Waals surface area contributed by atoms with E-state index in [2.05, 4.69) is 0 Å². The van der Waals surface area contributed by atoms with Gasteiger partial charge in [0.25, 0.3) is 0 Å². The largest absolute Gasteiger partial charge is 0.460 e. The van der Waals surface area contributed by atoms with Gasteiger partial charge in [-0.25, -0.2) is 0 Å². The molecule has 164 valence electrons. The van der Waals surface area contributed by atoms with Crippen LogP contribution in [0.1, 0.15) is 33.6 Å². The van der Waals surface area contributed by atoms with Crippen LogP contribution in [0.4, 0.5) is 57.1 Å². The van der Waals surface area contributed by atoms with Crippen molar-refractivity contribution in [3.8, 4) is 0 Å². The molecule has 0 radical (unpaired) electrons. The smallest absolute Gasteiger partial charge is 0.200 e. The summed E-state index contributed by atoms with van der Waals surface area (Å²) in [7, 11) is 0. The van der Waals surface area contributed by atoms with Gasteiger partial charge >= 0.3 is 35.8 Å². The molecule has 0 aromatic rings. The lowest BCUT2D eigenvalue weighted by Gasteiger charge is -2.39. The molecule has 0 aromatic heterocycles. The fourth-order valence-electron chi connectivity index (χ4n) is 1.52. The minimum absolute atomic E-state index is 0.311. The summed E-state index contributed by atoms with van der Waals surface area (Å²) in [4.78, 5) is 0. The van der Waals surface area contributed by atoms with Crippen molar-refractivity contribution >= 4 is 11.8 Å². The number of alkyl halides is 13. The van der Waals surface area contributed by atoms with E-state index in [9.17, 15) is 57.1 Å². The lowest BCUT2D eigenvalue weighted by atomic mass is 9.93. The molecule has 0 atom stereocenters. The highest BCUT2D eigenvalue weighted by atomic mass is 32.2. The second-order valence-corrected chi connectivity index (χ2v) is 8.01. The van der Waals surface area contributed by atoms with Gasteiger partial charge in [-0.2, -0.15) is 68.8 Å². The van der Waals surface area contributed by atoms with Gasteiger partial charge in [0.05, 0.1) is 0 Å². The van der Waals surface area contributed by atoms with Crippen LogP contribution in [0.25, 0.3) is 0 Å². The van der Waals surface area contributed by atoms with Gasteiger partial charge in [0, 0.05) is 11.2 Å². The molecule has 27 heavy (non-hydrogen) atoms. The molecule has 0 nitrogen and oxygen atoms in total. The number of thioether (sulfide) groups is 1. The molecule has 0 amide bonds. The average molecular weight is 450 g/mol. The Morgan fingerprint density at radius 2 is 0.963 bits per heavy atom. The molecule has 0 aromatic carbocycles. The Morgan fingerprint density at radius 3 is 1.30 bits per heavy atom. The van der Waals surface area contributed by atoms with E-state index >= 15 is 0 Å². The predicted molar refractivity (Wildman–Crippen MR) is 72.2 cm³/mol. The van der Waals surface area contributed by atoms with Gasteiger partial charge in [-0.3, -0.25) is 0 Å². The molecule has 0 fully saturated rings. The van der Waals surface area contributed by atoms with Crippen LogP contribution in [-0.4, -0.2) is 46.3 Å². The van der Waals surface area contributed by atoms with Gasteiger partial charge in [-0.15, -0.1) is 0 Å². The molecule has 0 N–H and O–H groups in total. The molecule has 0 spiro atoms. The zero-order valence-corrected chi connectivity index (χ0v) is 14.8. The summed E-state index contributed by atoms with van der Waals surface area (Å²) in [6.07, 6.45) is -9.23. The molecule has 0 unspecified atom stereocenters. The Morgan fingerprint density at radius 1 is 0.593 bits per heavy atom. The molecule has 0 bridgehead atoms. The molecule has 0 saturated heterocycles. The van der Waals surface area contributed by atoms with E-state index < -0.39 is 52.7 Å². The van der Waals surface area contributed by atoms with Crippen molar-refractivity contribution in [1.82, 2.24) is 0 Å². The van der Waals surface area contributed by atoms with E-state index in [1.807, 2.05) is 0 Å². The minimum atomic E-state index is -7.83. The SMILES string of the molecule is CCC(C)(C)SCCC(F)(F)C(F)(F)C(F)(F)C(F)(F)C(F)(F)C(F)(F)F. The van der Waals surface area contributed by atoms with Crippen LogP contribution in [0.15, 0.2) is 0 Å². The molecule has 0 aliphatic rings. The molecule has 0 heterocycles. The lowest BCUT2D eigenvalue weighted by Crippen LogP contribution is -2.70. The Bertz CT molecular complexity index is 507. The highest BCUT2D eigenvalue weighted by molar-refractivity contribution is 8.00. The Hall–Kier alpha value is -0.560. The molecule has 0 aliphatic carbocycles. The Balaban J connectivity index is 5.81. The van der Waals surface area contributed by atoms with Gasteiger partial charge in [0.1, 0.15) is 0 Å². The van der Waals surface area contributed by atoms with E-state index in [0.717, 1.165) is 0 Å². The maximum Gasteiger partial charge on any atom is 0.460 e. The third kappa shape index (κ3) is 4.55. The van der Waals surface area contributed by atoms with E-state index in [4.69, 9.17) is 0 Å². The van der Waals surface area contributed by atoms with Crippen molar-refractivity contribution < 1.29 is 57.1 Å². The van der Waals surface area contributed by atoms with Crippen molar-refractivity contribution in [2.24, 2.45) is 0 Å². The van der Waals surface area contributed by atoms with Gasteiger partial charge in [0.2, 0.25) is 0 Å². The van der Waals surface area contributed by atoms with Gasteiger partial charge < -0.3 is 0 Å². The first-order valence-electron chi connectivity index (χ1n) is 7.11. The average Bonchev–Trinajstić information content (AvgIpc) is 2.44. The van der Waals surface area contributed by atoms with E-state index in [1.54, 1.807) is 6.92 Å². The fraction of sp³-hybridized carbons (Fsp3) is 1.00. The first kappa shape index (κ1) is 26.4. The van der Waals surface area contributed by atoms with Gasteiger partial charge in [-0.05, 0) is 12.2 Å². The first-order chi connectivity index (χ1) is 11.5. The van der Waals surface area contributed by atoms with Crippen LogP contribution in [-0.2, 0) is 0 Å². The van der Waals surface area contributed by atoms with E-state index in [0.29, 0.717) is 18.2 Å². The molecule has 14 heteroatoms. The molecular formula is C13H15F13S. The summed E-state index contributed by atoms with van der Waals surface area (Å²) >= 11 is 0.576. The third-order valence-electron chi connectivity index (χ3n) is 3.76. The van der Waals surface area contributed by atoms with Crippen molar-refractivity contribution in [2.45, 2.75) is 74.1 Å². The fourth-order valence-corrected chi connectivity index (χ4v) is 2.63. The molecule has 0 saturated carbocycles. The maximum atomic E-state index is 13.5. The summed E-state index contributed by atoms with van der Waals surface area (Å²) < 4.78 is 167. The Labute approximate surface area is 149 Å². The lowest BCUT2D eigenvalue weighted by molar-refractivity contribution is -0.439. The summed E-state index contributed by atoms with van der Waals surface area (Å²) in [5.41, 5.74) is 0. The van der Waals surface area contributed by atoms with Gasteiger partial charge in [-0.1, -0.05) is 20.8 Å². The van der Waals surface area contributed by atoms with Crippen LogP contribution in [0.2, 0.25) is 0 Å². The van der Waals surface area contributed by atoms with Crippen LogP contribution in [0, 0.1) is 0 Å². The van der Waals surface area contributed by atoms with E-state index in [1.165, 1.54) is 13.8 Å². The quantitative estimate of drug-likeness (QED) is 0.340. The summed E-state index contributed by atoms with van der Waals surface area (Å²) in [5.74, 6) is -37.4. The van der Waals surface area contributed by atoms with Crippen LogP contribution >= 0.6 is 11.8 Å². The van der Waals surface area contributed by atoms with Crippen molar-refractivity contribution in [1.29, 1.82) is 0 Å². The monoisotopic (exact) mass is 450 g/mol. The number of rotatable bonds is 9. The summed E-state index contributed by atoms with van der Waals surface area (Å²) in [6.45, 7) is 4.48. The summed E-state index contributed by atoms with van der Waals surface area (Å²) in [6, 6.07) is 0. The van der Waals surface area contributed by atoms with Crippen LogP contribution < -0.4 is 0 Å². The predicted octanol–water partition coefficient (Wildman–Crippen LogP) is 7.04. The second-order valence-electron chi connectivity index (χ2n) is 6.21. The van der Waals surface area contributed by atoms with Crippen LogP contribution in [0.5, 0.6) is 0 Å². The Kier molecular flexibility index (Phi) is 7.21. The van der Waals surface area contributed by atoms with Crippen molar-refractivity contribution in [3.05, 3.63) is 0 Å². The molecule has 0 aliphatic heterocycles. The number of hydrogen-bond acceptors (Lipinski definition) is 1. The highest BCUT2D eigenvalue weighted by Crippen LogP contribution is 2.60. The molecule has 0 rings (SSSR count). The van der Waals surface area contributed by atoms with Crippen molar-refractivity contribution in [3.63, 3.8) is 0 Å². The minimum Gasteiger partial charge on any atom is -0.200 e.